The molecular formula is C24H34N6O2. The van der Waals surface area contributed by atoms with Gasteiger partial charge in [0.25, 0.3) is 5.91 Å². The number of benzene rings is 1. The van der Waals surface area contributed by atoms with Crippen LogP contribution in [0.3, 0.4) is 0 Å². The van der Waals surface area contributed by atoms with E-state index in [9.17, 15) is 9.59 Å². The van der Waals surface area contributed by atoms with Crippen LogP contribution in [-0.2, 0) is 16.0 Å². The molecule has 1 aromatic carbocycles. The average Bonchev–Trinajstić information content (AvgIpc) is 3.50. The van der Waals surface area contributed by atoms with Gasteiger partial charge in [-0.2, -0.15) is 0 Å². The van der Waals surface area contributed by atoms with Gasteiger partial charge in [-0.3, -0.25) is 9.59 Å². The minimum Gasteiger partial charge on any atom is -0.356 e. The van der Waals surface area contributed by atoms with Crippen molar-refractivity contribution in [3.05, 3.63) is 48.5 Å². The lowest BCUT2D eigenvalue weighted by Gasteiger charge is -2.34. The molecule has 172 valence electrons. The van der Waals surface area contributed by atoms with Gasteiger partial charge in [0.2, 0.25) is 5.91 Å². The first-order valence-electron chi connectivity index (χ1n) is 11.7. The maximum absolute atomic E-state index is 13.4. The van der Waals surface area contributed by atoms with Crippen LogP contribution in [0.15, 0.2) is 43.0 Å². The maximum atomic E-state index is 13.4. The van der Waals surface area contributed by atoms with Crippen LogP contribution in [0.5, 0.6) is 0 Å². The fraction of sp³-hybridized carbons (Fsp3) is 0.542. The number of piperazine rings is 1. The molecule has 3 heterocycles. The highest BCUT2D eigenvalue weighted by Crippen LogP contribution is 2.30. The number of hydrogen-bond acceptors (Lipinski definition) is 5. The summed E-state index contributed by atoms with van der Waals surface area (Å²) in [5.41, 5.74) is 2.13. The quantitative estimate of drug-likeness (QED) is 0.602. The van der Waals surface area contributed by atoms with Gasteiger partial charge in [0.15, 0.2) is 0 Å². The average molecular weight is 439 g/mol. The highest BCUT2D eigenvalue weighted by atomic mass is 16.2. The second-order valence-electron chi connectivity index (χ2n) is 8.58. The smallest absolute Gasteiger partial charge is 0.250 e. The molecule has 0 aliphatic carbocycles. The van der Waals surface area contributed by atoms with Gasteiger partial charge in [0.1, 0.15) is 6.04 Å². The lowest BCUT2D eigenvalue weighted by atomic mass is 10.1. The maximum Gasteiger partial charge on any atom is 0.250 e. The van der Waals surface area contributed by atoms with Crippen molar-refractivity contribution < 1.29 is 9.59 Å². The third-order valence-corrected chi connectivity index (χ3v) is 6.59. The van der Waals surface area contributed by atoms with E-state index in [2.05, 4.69) is 33.1 Å². The van der Waals surface area contributed by atoms with Gasteiger partial charge in [0, 0.05) is 57.3 Å². The summed E-state index contributed by atoms with van der Waals surface area (Å²) in [4.78, 5) is 37.0. The topological polar surface area (TPSA) is 73.7 Å². The van der Waals surface area contributed by atoms with E-state index in [1.165, 1.54) is 5.56 Å². The van der Waals surface area contributed by atoms with Crippen LogP contribution >= 0.6 is 0 Å². The molecule has 8 heteroatoms. The summed E-state index contributed by atoms with van der Waals surface area (Å²) in [7, 11) is 0. The minimum atomic E-state index is -0.592. The Kier molecular flexibility index (Phi) is 7.55. The van der Waals surface area contributed by atoms with Gasteiger partial charge >= 0.3 is 0 Å². The number of carbonyl (C=O) groups is 2. The minimum absolute atomic E-state index is 0.0584. The Hall–Kier alpha value is -2.71. The van der Waals surface area contributed by atoms with E-state index < -0.39 is 6.04 Å². The Morgan fingerprint density at radius 1 is 1.09 bits per heavy atom. The van der Waals surface area contributed by atoms with E-state index >= 15 is 0 Å². The zero-order chi connectivity index (χ0) is 22.3. The number of nitrogens with one attached hydrogen (secondary N) is 1. The van der Waals surface area contributed by atoms with Crippen LogP contribution in [0.4, 0.5) is 5.69 Å². The zero-order valence-electron chi connectivity index (χ0n) is 18.9. The summed E-state index contributed by atoms with van der Waals surface area (Å²) in [5, 5.41) is 3.02. The Morgan fingerprint density at radius 2 is 1.88 bits per heavy atom. The predicted octanol–water partition coefficient (Wildman–Crippen LogP) is 1.55. The molecular weight excluding hydrogens is 404 g/mol. The molecule has 0 unspecified atom stereocenters. The molecule has 1 fully saturated rings. The number of para-hydroxylation sites is 1. The van der Waals surface area contributed by atoms with Crippen molar-refractivity contribution in [2.45, 2.75) is 32.2 Å². The van der Waals surface area contributed by atoms with Crippen LogP contribution < -0.4 is 10.2 Å². The highest BCUT2D eigenvalue weighted by molar-refractivity contribution is 6.00. The van der Waals surface area contributed by atoms with Gasteiger partial charge in [0.05, 0.1) is 12.7 Å². The summed E-state index contributed by atoms with van der Waals surface area (Å²) in [6, 6.07) is 7.39. The molecule has 1 aromatic heterocycles. The SMILES string of the molecule is CCN1CCN(CCCNC(=O)C[C@H](C(=O)N2CCc3ccccc32)n2ccnc2)CC1. The van der Waals surface area contributed by atoms with Gasteiger partial charge in [-0.1, -0.05) is 25.1 Å². The lowest BCUT2D eigenvalue weighted by molar-refractivity contribution is -0.128. The van der Waals surface area contributed by atoms with E-state index in [4.69, 9.17) is 0 Å². The molecule has 2 aliphatic rings. The fourth-order valence-electron chi connectivity index (χ4n) is 4.63. The summed E-state index contributed by atoms with van der Waals surface area (Å²) in [6.45, 7) is 10.0. The molecule has 0 spiro atoms. The number of rotatable bonds is 9. The van der Waals surface area contributed by atoms with Crippen LogP contribution in [0.25, 0.3) is 0 Å². The second-order valence-corrected chi connectivity index (χ2v) is 8.58. The van der Waals surface area contributed by atoms with Gasteiger partial charge < -0.3 is 24.6 Å². The van der Waals surface area contributed by atoms with Crippen molar-refractivity contribution in [1.29, 1.82) is 0 Å². The first-order valence-corrected chi connectivity index (χ1v) is 11.7. The molecule has 8 nitrogen and oxygen atoms in total. The molecule has 0 radical (unpaired) electrons. The number of imidazole rings is 1. The Bertz CT molecular complexity index is 892. The van der Waals surface area contributed by atoms with E-state index in [1.54, 1.807) is 23.3 Å². The number of fused-ring (bicyclic) bond motifs is 1. The monoisotopic (exact) mass is 438 g/mol. The number of amides is 2. The molecule has 1 atom stereocenters. The van der Waals surface area contributed by atoms with Crippen molar-refractivity contribution in [1.82, 2.24) is 24.7 Å². The molecule has 0 saturated carbocycles. The van der Waals surface area contributed by atoms with E-state index in [0.717, 1.165) is 57.8 Å². The first-order chi connectivity index (χ1) is 15.7. The van der Waals surface area contributed by atoms with Gasteiger partial charge in [-0.25, -0.2) is 4.98 Å². The van der Waals surface area contributed by atoms with Crippen molar-refractivity contribution in [3.63, 3.8) is 0 Å². The molecule has 2 aromatic rings. The summed E-state index contributed by atoms with van der Waals surface area (Å²) in [6.07, 6.45) is 6.90. The van der Waals surface area contributed by atoms with Crippen molar-refractivity contribution in [2.75, 3.05) is 57.3 Å². The Labute approximate surface area is 190 Å². The Balaban J connectivity index is 1.29. The highest BCUT2D eigenvalue weighted by Gasteiger charge is 2.32. The predicted molar refractivity (Wildman–Crippen MR) is 125 cm³/mol. The zero-order valence-corrected chi connectivity index (χ0v) is 18.9. The number of likely N-dealkylation sites (N-methyl/N-ethyl adjacent to an activating group) is 1. The third kappa shape index (κ3) is 5.37. The summed E-state index contributed by atoms with van der Waals surface area (Å²) < 4.78 is 1.75. The number of carbonyl (C=O) groups excluding carboxylic acids is 2. The largest absolute Gasteiger partial charge is 0.356 e. The number of hydrogen-bond donors (Lipinski definition) is 1. The first kappa shape index (κ1) is 22.5. The van der Waals surface area contributed by atoms with Crippen LogP contribution in [0.1, 0.15) is 31.4 Å². The van der Waals surface area contributed by atoms with Crippen molar-refractivity contribution in [2.24, 2.45) is 0 Å². The van der Waals surface area contributed by atoms with E-state index in [1.807, 2.05) is 23.1 Å². The van der Waals surface area contributed by atoms with Crippen LogP contribution in [0.2, 0.25) is 0 Å². The fourth-order valence-corrected chi connectivity index (χ4v) is 4.63. The summed E-state index contributed by atoms with van der Waals surface area (Å²) in [5.74, 6) is -0.155. The second kappa shape index (κ2) is 10.7. The van der Waals surface area contributed by atoms with Crippen molar-refractivity contribution in [3.8, 4) is 0 Å². The van der Waals surface area contributed by atoms with Crippen LogP contribution in [-0.4, -0.2) is 83.5 Å². The standard InChI is InChI=1S/C24H34N6O2/c1-2-27-14-16-28(17-15-27)11-5-9-26-23(31)18-22(29-13-10-25-19-29)24(32)30-12-8-20-6-3-4-7-21(20)30/h3-4,6-7,10,13,19,22H,2,5,8-9,11-12,14-18H2,1H3,(H,26,31)/t22-/m1/s1. The Morgan fingerprint density at radius 3 is 2.62 bits per heavy atom. The van der Waals surface area contributed by atoms with E-state index in [0.29, 0.717) is 13.1 Å². The molecule has 1 N–H and O–H groups in total. The third-order valence-electron chi connectivity index (χ3n) is 6.59. The molecule has 1 saturated heterocycles. The van der Waals surface area contributed by atoms with Gasteiger partial charge in [-0.05, 0) is 37.6 Å². The molecule has 4 rings (SSSR count). The molecule has 0 bridgehead atoms. The van der Waals surface area contributed by atoms with Gasteiger partial charge in [-0.15, -0.1) is 0 Å². The van der Waals surface area contributed by atoms with E-state index in [-0.39, 0.29) is 18.2 Å². The molecule has 32 heavy (non-hydrogen) atoms. The normalized spacial score (nSPS) is 17.8. The molecule has 2 aliphatic heterocycles. The van der Waals surface area contributed by atoms with Crippen molar-refractivity contribution >= 4 is 17.5 Å². The number of anilines is 1. The molecule has 2 amide bonds. The summed E-state index contributed by atoms with van der Waals surface area (Å²) >= 11 is 0. The van der Waals surface area contributed by atoms with Crippen LogP contribution in [0, 0.1) is 0 Å². The lowest BCUT2D eigenvalue weighted by Crippen LogP contribution is -2.46. The number of nitrogens with zero attached hydrogens (tertiary/aromatic N) is 5. The number of aromatic nitrogens is 2.